The highest BCUT2D eigenvalue weighted by molar-refractivity contribution is 7.16. The van der Waals surface area contributed by atoms with Crippen LogP contribution in [-0.4, -0.2) is 53.4 Å². The lowest BCUT2D eigenvalue weighted by molar-refractivity contribution is 0.0995. The molecule has 1 saturated heterocycles. The van der Waals surface area contributed by atoms with Gasteiger partial charge in [0.1, 0.15) is 5.00 Å². The molecule has 0 spiro atoms. The second kappa shape index (κ2) is 9.57. The van der Waals surface area contributed by atoms with Gasteiger partial charge >= 0.3 is 0 Å². The molecule has 1 atom stereocenters. The van der Waals surface area contributed by atoms with Crippen molar-refractivity contribution in [2.45, 2.75) is 38.6 Å². The van der Waals surface area contributed by atoms with E-state index in [4.69, 9.17) is 4.42 Å². The highest BCUT2D eigenvalue weighted by Crippen LogP contribution is 2.45. The van der Waals surface area contributed by atoms with Gasteiger partial charge in [-0.05, 0) is 67.6 Å². The van der Waals surface area contributed by atoms with E-state index in [9.17, 15) is 4.79 Å². The molecule has 3 aromatic heterocycles. The van der Waals surface area contributed by atoms with Gasteiger partial charge in [-0.2, -0.15) is 0 Å². The van der Waals surface area contributed by atoms with Gasteiger partial charge < -0.3 is 14.6 Å². The van der Waals surface area contributed by atoms with E-state index < -0.39 is 0 Å². The molecule has 32 heavy (non-hydrogen) atoms. The van der Waals surface area contributed by atoms with Crippen molar-refractivity contribution in [1.82, 2.24) is 14.8 Å². The summed E-state index contributed by atoms with van der Waals surface area (Å²) in [6, 6.07) is 7.83. The van der Waals surface area contributed by atoms with Crippen LogP contribution in [0.1, 0.15) is 57.9 Å². The van der Waals surface area contributed by atoms with Gasteiger partial charge in [0.25, 0.3) is 5.91 Å². The molecular weight excluding hydrogens is 420 g/mol. The highest BCUT2D eigenvalue weighted by atomic mass is 32.1. The van der Waals surface area contributed by atoms with Crippen molar-refractivity contribution in [3.8, 4) is 0 Å². The number of rotatable bonds is 6. The number of anilines is 1. The summed E-state index contributed by atoms with van der Waals surface area (Å²) in [4.78, 5) is 23.7. The second-order valence-corrected chi connectivity index (χ2v) is 9.64. The fourth-order valence-electron chi connectivity index (χ4n) is 4.99. The molecule has 0 bridgehead atoms. The Balaban J connectivity index is 1.57. The van der Waals surface area contributed by atoms with Gasteiger partial charge in [-0.25, -0.2) is 0 Å². The highest BCUT2D eigenvalue weighted by Gasteiger charge is 2.33. The van der Waals surface area contributed by atoms with Gasteiger partial charge in [-0.15, -0.1) is 11.3 Å². The first-order valence-electron chi connectivity index (χ1n) is 11.6. The van der Waals surface area contributed by atoms with Crippen molar-refractivity contribution in [2.75, 3.05) is 38.0 Å². The number of piperazine rings is 1. The molecular formula is C25H30N4O2S. The van der Waals surface area contributed by atoms with Gasteiger partial charge in [-0.1, -0.05) is 6.92 Å². The van der Waals surface area contributed by atoms with Gasteiger partial charge in [0.2, 0.25) is 0 Å². The lowest BCUT2D eigenvalue weighted by Crippen LogP contribution is -2.47. The van der Waals surface area contributed by atoms with E-state index in [1.54, 1.807) is 29.7 Å². The maximum absolute atomic E-state index is 12.9. The van der Waals surface area contributed by atoms with E-state index in [0.717, 1.165) is 50.6 Å². The summed E-state index contributed by atoms with van der Waals surface area (Å²) in [7, 11) is 0. The third-order valence-corrected chi connectivity index (χ3v) is 7.92. The maximum atomic E-state index is 12.9. The molecule has 0 saturated carbocycles. The van der Waals surface area contributed by atoms with Gasteiger partial charge in [0.05, 0.1) is 12.3 Å². The summed E-state index contributed by atoms with van der Waals surface area (Å²) in [5.74, 6) is 0.165. The SMILES string of the molecule is CCN1CCN([C@H](c2ccncc2)c2c(NC(=O)c3ccco3)sc3c2CCCC3)CC1. The van der Waals surface area contributed by atoms with Crippen LogP contribution in [0.3, 0.4) is 0 Å². The molecule has 1 aliphatic heterocycles. The molecule has 1 fully saturated rings. The monoisotopic (exact) mass is 450 g/mol. The van der Waals surface area contributed by atoms with Crippen LogP contribution < -0.4 is 5.32 Å². The van der Waals surface area contributed by atoms with Crippen molar-refractivity contribution in [3.05, 3.63) is 70.3 Å². The van der Waals surface area contributed by atoms with Crippen LogP contribution in [0.5, 0.6) is 0 Å². The Morgan fingerprint density at radius 2 is 1.94 bits per heavy atom. The Bertz CT molecular complexity index is 1040. The predicted molar refractivity (Wildman–Crippen MR) is 127 cm³/mol. The first-order valence-corrected chi connectivity index (χ1v) is 12.4. The fraction of sp³-hybridized carbons (Fsp3) is 0.440. The van der Waals surface area contributed by atoms with Crippen molar-refractivity contribution in [1.29, 1.82) is 0 Å². The number of hydrogen-bond acceptors (Lipinski definition) is 6. The maximum Gasteiger partial charge on any atom is 0.291 e. The average Bonchev–Trinajstić information content (AvgIpc) is 3.50. The lowest BCUT2D eigenvalue weighted by atomic mass is 9.88. The number of carbonyl (C=O) groups excluding carboxylic acids is 1. The minimum atomic E-state index is -0.181. The molecule has 4 heterocycles. The minimum absolute atomic E-state index is 0.113. The molecule has 168 valence electrons. The lowest BCUT2D eigenvalue weighted by Gasteiger charge is -2.40. The number of aryl methyl sites for hydroxylation is 1. The Morgan fingerprint density at radius 1 is 1.16 bits per heavy atom. The fourth-order valence-corrected chi connectivity index (χ4v) is 6.30. The van der Waals surface area contributed by atoms with E-state index in [1.165, 1.54) is 34.4 Å². The Kier molecular flexibility index (Phi) is 6.39. The number of pyridine rings is 1. The predicted octanol–water partition coefficient (Wildman–Crippen LogP) is 4.59. The number of furan rings is 1. The largest absolute Gasteiger partial charge is 0.459 e. The zero-order valence-electron chi connectivity index (χ0n) is 18.5. The van der Waals surface area contributed by atoms with Crippen molar-refractivity contribution < 1.29 is 9.21 Å². The van der Waals surface area contributed by atoms with Crippen LogP contribution >= 0.6 is 11.3 Å². The van der Waals surface area contributed by atoms with Crippen LogP contribution in [0.15, 0.2) is 47.3 Å². The molecule has 1 aliphatic carbocycles. The molecule has 0 aromatic carbocycles. The summed E-state index contributed by atoms with van der Waals surface area (Å²) < 4.78 is 5.36. The van der Waals surface area contributed by atoms with Crippen molar-refractivity contribution in [2.24, 2.45) is 0 Å². The number of carbonyl (C=O) groups is 1. The third kappa shape index (κ3) is 4.25. The Morgan fingerprint density at radius 3 is 2.66 bits per heavy atom. The Labute approximate surface area is 193 Å². The van der Waals surface area contributed by atoms with E-state index >= 15 is 0 Å². The van der Waals surface area contributed by atoms with Crippen LogP contribution in [0.2, 0.25) is 0 Å². The smallest absolute Gasteiger partial charge is 0.291 e. The molecule has 1 amide bonds. The quantitative estimate of drug-likeness (QED) is 0.595. The van der Waals surface area contributed by atoms with E-state index in [-0.39, 0.29) is 11.9 Å². The van der Waals surface area contributed by atoms with Crippen LogP contribution in [0.25, 0.3) is 0 Å². The first-order chi connectivity index (χ1) is 15.7. The number of aromatic nitrogens is 1. The Hall–Kier alpha value is -2.48. The standard InChI is InChI=1S/C25H30N4O2S/c1-2-28-13-15-29(16-14-28)23(18-9-11-26-12-10-18)22-19-6-3-4-8-21(19)32-25(22)27-24(30)20-7-5-17-31-20/h5,7,9-12,17,23H,2-4,6,8,13-16H2,1H3,(H,27,30)/t23-/m1/s1. The van der Waals surface area contributed by atoms with Gasteiger partial charge in [0.15, 0.2) is 5.76 Å². The summed E-state index contributed by atoms with van der Waals surface area (Å²) in [6.45, 7) is 7.48. The number of fused-ring (bicyclic) bond motifs is 1. The topological polar surface area (TPSA) is 61.6 Å². The average molecular weight is 451 g/mol. The van der Waals surface area contributed by atoms with Crippen molar-refractivity contribution in [3.63, 3.8) is 0 Å². The number of nitrogens with zero attached hydrogens (tertiary/aromatic N) is 3. The van der Waals surface area contributed by atoms with E-state index in [0.29, 0.717) is 5.76 Å². The van der Waals surface area contributed by atoms with E-state index in [1.807, 2.05) is 12.4 Å². The van der Waals surface area contributed by atoms with E-state index in [2.05, 4.69) is 39.2 Å². The summed E-state index contributed by atoms with van der Waals surface area (Å²) >= 11 is 1.75. The molecule has 3 aromatic rings. The zero-order valence-corrected chi connectivity index (χ0v) is 19.4. The summed E-state index contributed by atoms with van der Waals surface area (Å²) in [6.07, 6.45) is 9.89. The van der Waals surface area contributed by atoms with Gasteiger partial charge in [0, 0.05) is 49.0 Å². The first kappa shape index (κ1) is 21.4. The number of nitrogens with one attached hydrogen (secondary N) is 1. The van der Waals surface area contributed by atoms with Crippen LogP contribution in [-0.2, 0) is 12.8 Å². The van der Waals surface area contributed by atoms with Crippen molar-refractivity contribution >= 4 is 22.2 Å². The minimum Gasteiger partial charge on any atom is -0.459 e. The number of amides is 1. The van der Waals surface area contributed by atoms with Crippen LogP contribution in [0, 0.1) is 0 Å². The molecule has 2 aliphatic rings. The molecule has 1 N–H and O–H groups in total. The zero-order chi connectivity index (χ0) is 21.9. The second-order valence-electron chi connectivity index (χ2n) is 8.54. The summed E-state index contributed by atoms with van der Waals surface area (Å²) in [5.41, 5.74) is 3.96. The molecule has 0 radical (unpaired) electrons. The number of hydrogen-bond donors (Lipinski definition) is 1. The molecule has 0 unspecified atom stereocenters. The molecule has 5 rings (SSSR count). The summed E-state index contributed by atoms with van der Waals surface area (Å²) in [5, 5.41) is 4.18. The molecule has 7 heteroatoms. The number of thiophene rings is 1. The third-order valence-electron chi connectivity index (χ3n) is 6.70. The number of likely N-dealkylation sites (N-methyl/N-ethyl adjacent to an activating group) is 1. The van der Waals surface area contributed by atoms with Crippen LogP contribution in [0.4, 0.5) is 5.00 Å². The molecule has 6 nitrogen and oxygen atoms in total. The van der Waals surface area contributed by atoms with Gasteiger partial charge in [-0.3, -0.25) is 14.7 Å². The normalized spacial score (nSPS) is 18.3.